The van der Waals surface area contributed by atoms with Crippen molar-refractivity contribution < 1.29 is 28.6 Å². The van der Waals surface area contributed by atoms with Crippen molar-refractivity contribution in [3.05, 3.63) is 12.7 Å². The van der Waals surface area contributed by atoms with Gasteiger partial charge in [-0.3, -0.25) is 14.4 Å². The number of carbonyl (C=O) groups excluding carboxylic acids is 3. The minimum atomic E-state index is -0.958. The van der Waals surface area contributed by atoms with Gasteiger partial charge in [-0.25, -0.2) is 0 Å². The Morgan fingerprint density at radius 1 is 0.667 bits per heavy atom. The molecule has 9 heteroatoms. The molecule has 3 saturated heterocycles. The Kier molecular flexibility index (Phi) is 8.24. The van der Waals surface area contributed by atoms with Crippen LogP contribution < -0.4 is 0 Å². The molecule has 0 aliphatic carbocycles. The molecule has 0 aromatic heterocycles. The third-order valence-electron chi connectivity index (χ3n) is 5.51. The van der Waals surface area contributed by atoms with Crippen molar-refractivity contribution in [2.75, 3.05) is 78.7 Å². The summed E-state index contributed by atoms with van der Waals surface area (Å²) >= 11 is 0. The highest BCUT2D eigenvalue weighted by atomic mass is 16.6. The first kappa shape index (κ1) is 22.7. The van der Waals surface area contributed by atoms with Gasteiger partial charge in [0.2, 0.25) is 0 Å². The average Bonchev–Trinajstić information content (AvgIpc) is 3.58. The lowest BCUT2D eigenvalue weighted by atomic mass is 9.91. The van der Waals surface area contributed by atoms with Crippen molar-refractivity contribution in [3.63, 3.8) is 0 Å². The van der Waals surface area contributed by atoms with E-state index in [1.165, 1.54) is 0 Å². The summed E-state index contributed by atoms with van der Waals surface area (Å²) in [5.74, 6) is -0.975. The van der Waals surface area contributed by atoms with Gasteiger partial charge in [0, 0.05) is 58.9 Å². The van der Waals surface area contributed by atoms with Gasteiger partial charge in [0.05, 0.1) is 24.7 Å². The Hall–Kier alpha value is -1.97. The van der Waals surface area contributed by atoms with Gasteiger partial charge in [-0.15, -0.1) is 6.58 Å². The SMILES string of the molecule is C=CC(COC(=O)CCN1CC1)(COC(=O)CCN1CC1)COC(=O)CCN1CC1. The lowest BCUT2D eigenvalue weighted by molar-refractivity contribution is -0.158. The number of carbonyl (C=O) groups is 3. The van der Waals surface area contributed by atoms with E-state index in [0.29, 0.717) is 38.9 Å². The van der Waals surface area contributed by atoms with E-state index in [1.54, 1.807) is 6.08 Å². The highest BCUT2D eigenvalue weighted by Gasteiger charge is 2.33. The molecule has 0 unspecified atom stereocenters. The van der Waals surface area contributed by atoms with Crippen LogP contribution in [-0.4, -0.2) is 111 Å². The summed E-state index contributed by atoms with van der Waals surface area (Å²) in [6.07, 6.45) is 2.47. The normalized spacial score (nSPS) is 18.5. The van der Waals surface area contributed by atoms with Gasteiger partial charge < -0.3 is 28.9 Å². The molecule has 3 heterocycles. The van der Waals surface area contributed by atoms with Gasteiger partial charge in [-0.1, -0.05) is 6.08 Å². The predicted octanol–water partition coefficient (Wildman–Crippen LogP) is -0.0945. The van der Waals surface area contributed by atoms with Crippen molar-refractivity contribution in [1.29, 1.82) is 0 Å². The number of hydrogen-bond donors (Lipinski definition) is 0. The van der Waals surface area contributed by atoms with Crippen LogP contribution in [-0.2, 0) is 28.6 Å². The zero-order valence-corrected chi connectivity index (χ0v) is 17.7. The number of esters is 3. The summed E-state index contributed by atoms with van der Waals surface area (Å²) in [4.78, 5) is 42.6. The van der Waals surface area contributed by atoms with Gasteiger partial charge in [-0.05, 0) is 0 Å². The van der Waals surface area contributed by atoms with Crippen LogP contribution in [0, 0.1) is 5.41 Å². The highest BCUT2D eigenvalue weighted by Crippen LogP contribution is 2.22. The zero-order chi connectivity index (χ0) is 21.4. The second-order valence-electron chi connectivity index (χ2n) is 8.32. The van der Waals surface area contributed by atoms with Gasteiger partial charge in [0.15, 0.2) is 0 Å². The van der Waals surface area contributed by atoms with Crippen molar-refractivity contribution in [2.24, 2.45) is 5.41 Å². The smallest absolute Gasteiger partial charge is 0.307 e. The van der Waals surface area contributed by atoms with Gasteiger partial charge in [0.25, 0.3) is 0 Å². The highest BCUT2D eigenvalue weighted by molar-refractivity contribution is 5.71. The molecular weight excluding hydrogens is 390 g/mol. The quantitative estimate of drug-likeness (QED) is 0.146. The van der Waals surface area contributed by atoms with Crippen LogP contribution in [0.5, 0.6) is 0 Å². The molecule has 0 aromatic carbocycles. The van der Waals surface area contributed by atoms with E-state index >= 15 is 0 Å². The minimum absolute atomic E-state index is 0.0475. The molecule has 3 aliphatic rings. The molecular formula is C21H33N3O6. The topological polar surface area (TPSA) is 87.9 Å². The van der Waals surface area contributed by atoms with E-state index in [0.717, 1.165) is 39.3 Å². The molecule has 30 heavy (non-hydrogen) atoms. The number of nitrogens with zero attached hydrogens (tertiary/aromatic N) is 3. The summed E-state index contributed by atoms with van der Waals surface area (Å²) in [5, 5.41) is 0. The van der Waals surface area contributed by atoms with Crippen molar-refractivity contribution in [3.8, 4) is 0 Å². The lowest BCUT2D eigenvalue weighted by Crippen LogP contribution is -2.38. The molecule has 168 valence electrons. The second-order valence-corrected chi connectivity index (χ2v) is 8.32. The maximum Gasteiger partial charge on any atom is 0.307 e. The van der Waals surface area contributed by atoms with Crippen LogP contribution in [0.2, 0.25) is 0 Å². The maximum atomic E-state index is 12.1. The van der Waals surface area contributed by atoms with Gasteiger partial charge in [-0.2, -0.15) is 0 Å². The summed E-state index contributed by atoms with van der Waals surface area (Å²) < 4.78 is 16.3. The number of rotatable bonds is 16. The van der Waals surface area contributed by atoms with E-state index in [1.807, 2.05) is 0 Å². The van der Waals surface area contributed by atoms with Crippen LogP contribution in [0.25, 0.3) is 0 Å². The zero-order valence-electron chi connectivity index (χ0n) is 17.7. The number of ether oxygens (including phenoxy) is 3. The Morgan fingerprint density at radius 3 is 1.20 bits per heavy atom. The maximum absolute atomic E-state index is 12.1. The summed E-state index contributed by atoms with van der Waals surface area (Å²) in [5.41, 5.74) is -0.958. The number of hydrogen-bond acceptors (Lipinski definition) is 9. The molecule has 0 radical (unpaired) electrons. The fourth-order valence-corrected chi connectivity index (χ4v) is 2.82. The van der Waals surface area contributed by atoms with E-state index in [4.69, 9.17) is 14.2 Å². The monoisotopic (exact) mass is 423 g/mol. The summed E-state index contributed by atoms with van der Waals surface area (Å²) in [6.45, 7) is 11.8. The van der Waals surface area contributed by atoms with Crippen LogP contribution in [0.1, 0.15) is 19.3 Å². The Balaban J connectivity index is 1.46. The van der Waals surface area contributed by atoms with Crippen molar-refractivity contribution in [1.82, 2.24) is 14.7 Å². The average molecular weight is 424 g/mol. The predicted molar refractivity (Wildman–Crippen MR) is 109 cm³/mol. The van der Waals surface area contributed by atoms with Crippen LogP contribution in [0.4, 0.5) is 0 Å². The third-order valence-corrected chi connectivity index (χ3v) is 5.51. The van der Waals surface area contributed by atoms with E-state index < -0.39 is 5.41 Å². The van der Waals surface area contributed by atoms with E-state index in [2.05, 4.69) is 21.3 Å². The molecule has 3 rings (SSSR count). The molecule has 0 amide bonds. The molecule has 0 bridgehead atoms. The lowest BCUT2D eigenvalue weighted by Gasteiger charge is -2.29. The fourth-order valence-electron chi connectivity index (χ4n) is 2.82. The molecule has 3 fully saturated rings. The first-order valence-corrected chi connectivity index (χ1v) is 10.8. The summed E-state index contributed by atoms with van der Waals surface area (Å²) in [7, 11) is 0. The first-order chi connectivity index (χ1) is 14.5. The summed E-state index contributed by atoms with van der Waals surface area (Å²) in [6, 6.07) is 0. The molecule has 0 spiro atoms. The van der Waals surface area contributed by atoms with Gasteiger partial charge >= 0.3 is 17.9 Å². The molecule has 0 aromatic rings. The van der Waals surface area contributed by atoms with E-state index in [-0.39, 0.29) is 37.7 Å². The van der Waals surface area contributed by atoms with Crippen molar-refractivity contribution >= 4 is 17.9 Å². The Morgan fingerprint density at radius 2 is 0.967 bits per heavy atom. The van der Waals surface area contributed by atoms with Crippen LogP contribution >= 0.6 is 0 Å². The van der Waals surface area contributed by atoms with Crippen LogP contribution in [0.15, 0.2) is 12.7 Å². The van der Waals surface area contributed by atoms with E-state index in [9.17, 15) is 14.4 Å². The Labute approximate surface area is 177 Å². The molecule has 0 N–H and O–H groups in total. The minimum Gasteiger partial charge on any atom is -0.464 e. The largest absolute Gasteiger partial charge is 0.464 e. The van der Waals surface area contributed by atoms with Crippen LogP contribution in [0.3, 0.4) is 0 Å². The molecule has 9 nitrogen and oxygen atoms in total. The van der Waals surface area contributed by atoms with Crippen molar-refractivity contribution in [2.45, 2.75) is 19.3 Å². The first-order valence-electron chi connectivity index (χ1n) is 10.8. The standard InChI is InChI=1S/C21H33N3O6/c1-2-21(15-28-18(25)3-6-22-9-10-22,16-29-19(26)4-7-23-11-12-23)17-30-20(27)5-8-24-13-14-24/h2H,1,3-17H2. The molecule has 3 aliphatic heterocycles. The fraction of sp³-hybridized carbons (Fsp3) is 0.762. The second kappa shape index (κ2) is 10.9. The molecule has 0 saturated carbocycles. The third kappa shape index (κ3) is 8.81. The molecule has 0 atom stereocenters. The Bertz CT molecular complexity index is 549. The van der Waals surface area contributed by atoms with Gasteiger partial charge in [0.1, 0.15) is 19.8 Å².